The molecule has 1 heterocycles. The van der Waals surface area contributed by atoms with E-state index in [-0.39, 0.29) is 11.4 Å². The first-order valence-electron chi connectivity index (χ1n) is 7.13. The molecule has 0 unspecified atom stereocenters. The summed E-state index contributed by atoms with van der Waals surface area (Å²) in [5.74, 6) is -0.196. The van der Waals surface area contributed by atoms with Gasteiger partial charge >= 0.3 is 5.69 Å². The fourth-order valence-electron chi connectivity index (χ4n) is 2.02. The Morgan fingerprint density at radius 2 is 1.95 bits per heavy atom. The first kappa shape index (κ1) is 16.5. The molecular formula is C14H25N3O3. The third-order valence-corrected chi connectivity index (χ3v) is 3.64. The highest BCUT2D eigenvalue weighted by molar-refractivity contribution is 5.22. The Labute approximate surface area is 119 Å². The van der Waals surface area contributed by atoms with Crippen LogP contribution in [0.2, 0.25) is 0 Å². The molecule has 0 fully saturated rings. The Bertz CT molecular complexity index is 546. The molecule has 0 saturated carbocycles. The van der Waals surface area contributed by atoms with Gasteiger partial charge in [-0.3, -0.25) is 14.3 Å². The van der Waals surface area contributed by atoms with E-state index in [9.17, 15) is 14.7 Å². The van der Waals surface area contributed by atoms with E-state index in [0.717, 1.165) is 19.4 Å². The number of nitrogens with zero attached hydrogens (tertiary/aromatic N) is 2. The predicted octanol–water partition coefficient (Wildman–Crippen LogP) is 0.925. The second kappa shape index (κ2) is 7.28. The van der Waals surface area contributed by atoms with Crippen molar-refractivity contribution in [3.05, 3.63) is 26.4 Å². The number of hydrogen-bond donors (Lipinski definition) is 2. The van der Waals surface area contributed by atoms with Crippen molar-refractivity contribution in [2.75, 3.05) is 13.6 Å². The third-order valence-electron chi connectivity index (χ3n) is 3.64. The quantitative estimate of drug-likeness (QED) is 0.730. The maximum atomic E-state index is 11.7. The average Bonchev–Trinajstić information content (AvgIpc) is 2.37. The lowest BCUT2D eigenvalue weighted by Crippen LogP contribution is -2.32. The van der Waals surface area contributed by atoms with Crippen molar-refractivity contribution in [1.82, 2.24) is 14.5 Å². The maximum Gasteiger partial charge on any atom is 0.331 e. The highest BCUT2D eigenvalue weighted by atomic mass is 16.3. The molecule has 0 aliphatic heterocycles. The van der Waals surface area contributed by atoms with Crippen molar-refractivity contribution < 1.29 is 5.11 Å². The molecule has 6 heteroatoms. The minimum atomic E-state index is -0.540. The van der Waals surface area contributed by atoms with Gasteiger partial charge in [-0.15, -0.1) is 0 Å². The van der Waals surface area contributed by atoms with Gasteiger partial charge in [0.2, 0.25) is 5.88 Å². The monoisotopic (exact) mass is 283 g/mol. The zero-order chi connectivity index (χ0) is 15.3. The number of H-pyrrole nitrogens is 1. The number of nitrogens with one attached hydrogen (secondary N) is 1. The molecule has 1 aromatic heterocycles. The predicted molar refractivity (Wildman–Crippen MR) is 79.4 cm³/mol. The standard InChI is InChI=1S/C14H25N3O3/c1-5-11-12(18)15-14(20)17(13(11)19)9-7-6-8-16(4)10(2)3/h10,19H,5-9H2,1-4H3,(H,15,18,20). The van der Waals surface area contributed by atoms with E-state index in [0.29, 0.717) is 19.0 Å². The van der Waals surface area contributed by atoms with Crippen LogP contribution in [-0.4, -0.2) is 39.2 Å². The lowest BCUT2D eigenvalue weighted by molar-refractivity contribution is 0.265. The van der Waals surface area contributed by atoms with Gasteiger partial charge < -0.3 is 10.0 Å². The molecular weight excluding hydrogens is 258 g/mol. The van der Waals surface area contributed by atoms with Crippen LogP contribution in [0.15, 0.2) is 9.59 Å². The molecule has 0 aliphatic rings. The van der Waals surface area contributed by atoms with Crippen molar-refractivity contribution in [2.45, 2.75) is 52.6 Å². The molecule has 6 nitrogen and oxygen atoms in total. The first-order valence-corrected chi connectivity index (χ1v) is 7.13. The van der Waals surface area contributed by atoms with Crippen molar-refractivity contribution in [2.24, 2.45) is 0 Å². The first-order chi connectivity index (χ1) is 9.38. The Kier molecular flexibility index (Phi) is 6.01. The summed E-state index contributed by atoms with van der Waals surface area (Å²) in [6.45, 7) is 7.39. The van der Waals surface area contributed by atoms with Crippen LogP contribution in [0.3, 0.4) is 0 Å². The van der Waals surface area contributed by atoms with E-state index < -0.39 is 11.2 Å². The number of aromatic hydroxyl groups is 1. The zero-order valence-corrected chi connectivity index (χ0v) is 12.8. The van der Waals surface area contributed by atoms with Gasteiger partial charge in [0.1, 0.15) is 0 Å². The van der Waals surface area contributed by atoms with E-state index in [1.54, 1.807) is 6.92 Å². The molecule has 0 atom stereocenters. The second-order valence-corrected chi connectivity index (χ2v) is 5.35. The highest BCUT2D eigenvalue weighted by Crippen LogP contribution is 2.11. The fraction of sp³-hybridized carbons (Fsp3) is 0.714. The van der Waals surface area contributed by atoms with Gasteiger partial charge in [-0.25, -0.2) is 4.79 Å². The summed E-state index contributed by atoms with van der Waals surface area (Å²) in [5, 5.41) is 9.98. The van der Waals surface area contributed by atoms with E-state index in [1.807, 2.05) is 0 Å². The molecule has 114 valence electrons. The Morgan fingerprint density at radius 1 is 1.30 bits per heavy atom. The normalized spacial score (nSPS) is 11.5. The van der Waals surface area contributed by atoms with Gasteiger partial charge in [-0.05, 0) is 46.7 Å². The Balaban J connectivity index is 2.70. The van der Waals surface area contributed by atoms with Crippen LogP contribution in [0.4, 0.5) is 0 Å². The Morgan fingerprint density at radius 3 is 2.50 bits per heavy atom. The third kappa shape index (κ3) is 3.96. The van der Waals surface area contributed by atoms with Crippen LogP contribution in [0.1, 0.15) is 39.2 Å². The van der Waals surface area contributed by atoms with Gasteiger partial charge in [0, 0.05) is 12.6 Å². The van der Waals surface area contributed by atoms with E-state index in [4.69, 9.17) is 0 Å². The number of hydrogen-bond acceptors (Lipinski definition) is 4. The van der Waals surface area contributed by atoms with Crippen LogP contribution in [0.5, 0.6) is 5.88 Å². The van der Waals surface area contributed by atoms with Crippen LogP contribution in [0.25, 0.3) is 0 Å². The van der Waals surface area contributed by atoms with Crippen LogP contribution >= 0.6 is 0 Å². The summed E-state index contributed by atoms with van der Waals surface area (Å²) in [5.41, 5.74) is -0.767. The smallest absolute Gasteiger partial charge is 0.331 e. The number of unbranched alkanes of at least 4 members (excludes halogenated alkanes) is 1. The molecule has 1 rings (SSSR count). The Hall–Kier alpha value is -1.56. The zero-order valence-electron chi connectivity index (χ0n) is 12.8. The lowest BCUT2D eigenvalue weighted by atomic mass is 10.2. The number of rotatable bonds is 7. The van der Waals surface area contributed by atoms with Crippen LogP contribution < -0.4 is 11.2 Å². The molecule has 0 saturated heterocycles. The van der Waals surface area contributed by atoms with Gasteiger partial charge in [0.05, 0.1) is 5.56 Å². The molecule has 1 aromatic rings. The fourth-order valence-corrected chi connectivity index (χ4v) is 2.02. The summed E-state index contributed by atoms with van der Waals surface area (Å²) in [4.78, 5) is 27.7. The van der Waals surface area contributed by atoms with Crippen LogP contribution in [0, 0.1) is 0 Å². The molecule has 2 N–H and O–H groups in total. The molecule has 0 bridgehead atoms. The summed E-state index contributed by atoms with van der Waals surface area (Å²) in [6.07, 6.45) is 2.11. The average molecular weight is 283 g/mol. The molecule has 0 radical (unpaired) electrons. The largest absolute Gasteiger partial charge is 0.494 e. The topological polar surface area (TPSA) is 78.3 Å². The molecule has 0 spiro atoms. The van der Waals surface area contributed by atoms with E-state index in [2.05, 4.69) is 30.8 Å². The lowest BCUT2D eigenvalue weighted by Gasteiger charge is -2.20. The second-order valence-electron chi connectivity index (χ2n) is 5.35. The highest BCUT2D eigenvalue weighted by Gasteiger charge is 2.12. The van der Waals surface area contributed by atoms with Crippen molar-refractivity contribution in [3.63, 3.8) is 0 Å². The van der Waals surface area contributed by atoms with E-state index in [1.165, 1.54) is 4.57 Å². The number of aromatic nitrogens is 2. The van der Waals surface area contributed by atoms with Crippen LogP contribution in [-0.2, 0) is 13.0 Å². The van der Waals surface area contributed by atoms with Gasteiger partial charge in [-0.1, -0.05) is 6.92 Å². The SMILES string of the molecule is CCc1c(O)n(CCCCN(C)C(C)C)c(=O)[nH]c1=O. The van der Waals surface area contributed by atoms with Crippen molar-refractivity contribution in [3.8, 4) is 5.88 Å². The molecule has 0 amide bonds. The summed E-state index contributed by atoms with van der Waals surface area (Å²) >= 11 is 0. The van der Waals surface area contributed by atoms with Crippen molar-refractivity contribution in [1.29, 1.82) is 0 Å². The maximum absolute atomic E-state index is 11.7. The van der Waals surface area contributed by atoms with Gasteiger partial charge in [0.25, 0.3) is 5.56 Å². The molecule has 20 heavy (non-hydrogen) atoms. The van der Waals surface area contributed by atoms with Crippen molar-refractivity contribution >= 4 is 0 Å². The van der Waals surface area contributed by atoms with E-state index >= 15 is 0 Å². The van der Waals surface area contributed by atoms with Gasteiger partial charge in [-0.2, -0.15) is 0 Å². The molecule has 0 aliphatic carbocycles. The summed E-state index contributed by atoms with van der Waals surface area (Å²) < 4.78 is 1.25. The minimum Gasteiger partial charge on any atom is -0.494 e. The molecule has 0 aromatic carbocycles. The van der Waals surface area contributed by atoms with Gasteiger partial charge in [0.15, 0.2) is 0 Å². The minimum absolute atomic E-state index is 0.196. The number of aromatic amines is 1. The summed E-state index contributed by atoms with van der Waals surface area (Å²) in [6, 6.07) is 0.492. The summed E-state index contributed by atoms with van der Waals surface area (Å²) in [7, 11) is 2.06.